The average molecular weight is 272 g/mol. The van der Waals surface area contributed by atoms with E-state index in [0.29, 0.717) is 5.88 Å². The van der Waals surface area contributed by atoms with Crippen molar-refractivity contribution in [2.24, 2.45) is 5.92 Å². The van der Waals surface area contributed by atoms with E-state index < -0.39 is 0 Å². The number of pyridine rings is 1. The Balaban J connectivity index is 1.53. The number of H-pyrrole nitrogens is 1. The van der Waals surface area contributed by atoms with Gasteiger partial charge < -0.3 is 15.0 Å². The number of hydrogen-bond acceptors (Lipinski definition) is 4. The number of nitrogens with zero attached hydrogens (tertiary/aromatic N) is 2. The van der Waals surface area contributed by atoms with Crippen LogP contribution in [0.3, 0.4) is 0 Å². The summed E-state index contributed by atoms with van der Waals surface area (Å²) in [4.78, 5) is 12.4. The van der Waals surface area contributed by atoms with Gasteiger partial charge in [-0.15, -0.1) is 0 Å². The number of nitrogens with one attached hydrogen (secondary N) is 2. The van der Waals surface area contributed by atoms with E-state index >= 15 is 0 Å². The van der Waals surface area contributed by atoms with Crippen LogP contribution in [0.1, 0.15) is 31.5 Å². The van der Waals surface area contributed by atoms with Gasteiger partial charge in [-0.05, 0) is 37.7 Å². The van der Waals surface area contributed by atoms with Crippen molar-refractivity contribution in [3.05, 3.63) is 18.0 Å². The molecule has 2 atom stereocenters. The number of fused-ring (bicyclic) bond motifs is 3. The molecule has 0 aromatic carbocycles. The standard InChI is InChI=1S/C15H20N4O/c1-20-14-5-4-12-15(19-14)18-13(17-12)8-9-6-10-2-3-11(7-9)16-10/h4-5,9-11,16H,2-3,6-8H2,1H3,(H,17,18,19). The Bertz CT molecular complexity index is 611. The van der Waals surface area contributed by atoms with E-state index in [1.165, 1.54) is 25.7 Å². The van der Waals surface area contributed by atoms with Crippen LogP contribution in [0, 0.1) is 5.92 Å². The lowest BCUT2D eigenvalue weighted by Gasteiger charge is -2.28. The van der Waals surface area contributed by atoms with Crippen molar-refractivity contribution in [3.8, 4) is 5.88 Å². The first-order valence-corrected chi connectivity index (χ1v) is 7.46. The topological polar surface area (TPSA) is 62.8 Å². The zero-order chi connectivity index (χ0) is 13.5. The number of imidazole rings is 1. The summed E-state index contributed by atoms with van der Waals surface area (Å²) in [7, 11) is 1.63. The summed E-state index contributed by atoms with van der Waals surface area (Å²) in [5, 5.41) is 3.69. The van der Waals surface area contributed by atoms with Crippen LogP contribution < -0.4 is 10.1 Å². The van der Waals surface area contributed by atoms with Crippen LogP contribution in [0.4, 0.5) is 0 Å². The van der Waals surface area contributed by atoms with Crippen molar-refractivity contribution in [2.45, 2.75) is 44.2 Å². The van der Waals surface area contributed by atoms with Crippen molar-refractivity contribution in [1.82, 2.24) is 20.3 Å². The number of hydrogen-bond donors (Lipinski definition) is 2. The van der Waals surface area contributed by atoms with Gasteiger partial charge >= 0.3 is 0 Å². The molecular weight excluding hydrogens is 252 g/mol. The van der Waals surface area contributed by atoms with Crippen molar-refractivity contribution in [1.29, 1.82) is 0 Å². The van der Waals surface area contributed by atoms with Crippen molar-refractivity contribution in [2.75, 3.05) is 7.11 Å². The van der Waals surface area contributed by atoms with E-state index in [9.17, 15) is 0 Å². The van der Waals surface area contributed by atoms with Crippen LogP contribution in [-0.2, 0) is 6.42 Å². The second-order valence-corrected chi connectivity index (χ2v) is 6.09. The quantitative estimate of drug-likeness (QED) is 0.897. The first-order chi connectivity index (χ1) is 9.80. The van der Waals surface area contributed by atoms with E-state index in [1.807, 2.05) is 12.1 Å². The largest absolute Gasteiger partial charge is 0.481 e. The smallest absolute Gasteiger partial charge is 0.215 e. The molecular formula is C15H20N4O. The van der Waals surface area contributed by atoms with E-state index in [0.717, 1.165) is 41.4 Å². The maximum Gasteiger partial charge on any atom is 0.215 e. The number of methoxy groups -OCH3 is 1. The predicted molar refractivity (Wildman–Crippen MR) is 76.8 cm³/mol. The molecule has 2 saturated heterocycles. The zero-order valence-corrected chi connectivity index (χ0v) is 11.7. The molecule has 0 spiro atoms. The van der Waals surface area contributed by atoms with Gasteiger partial charge in [0.2, 0.25) is 5.88 Å². The van der Waals surface area contributed by atoms with Crippen LogP contribution in [0.15, 0.2) is 12.1 Å². The minimum atomic E-state index is 0.621. The van der Waals surface area contributed by atoms with Crippen molar-refractivity contribution in [3.63, 3.8) is 0 Å². The molecule has 106 valence electrons. The molecule has 2 aliphatic rings. The van der Waals surface area contributed by atoms with Crippen LogP contribution in [0.5, 0.6) is 5.88 Å². The average Bonchev–Trinajstić information content (AvgIpc) is 3.00. The third kappa shape index (κ3) is 2.16. The molecule has 2 fully saturated rings. The van der Waals surface area contributed by atoms with E-state index in [1.54, 1.807) is 7.11 Å². The molecule has 2 unspecified atom stereocenters. The first kappa shape index (κ1) is 12.1. The Hall–Kier alpha value is -1.62. The molecule has 5 nitrogen and oxygen atoms in total. The van der Waals surface area contributed by atoms with Crippen LogP contribution >= 0.6 is 0 Å². The maximum absolute atomic E-state index is 5.14. The van der Waals surface area contributed by atoms with Gasteiger partial charge in [-0.2, -0.15) is 4.98 Å². The van der Waals surface area contributed by atoms with Gasteiger partial charge in [0, 0.05) is 24.6 Å². The molecule has 5 heteroatoms. The molecule has 2 aromatic heterocycles. The molecule has 0 aliphatic carbocycles. The van der Waals surface area contributed by atoms with Crippen molar-refractivity contribution >= 4 is 11.2 Å². The third-order valence-electron chi connectivity index (χ3n) is 4.63. The summed E-state index contributed by atoms with van der Waals surface area (Å²) >= 11 is 0. The third-order valence-corrected chi connectivity index (χ3v) is 4.63. The molecule has 2 bridgehead atoms. The Morgan fingerprint density at radius 3 is 2.75 bits per heavy atom. The summed E-state index contributed by atoms with van der Waals surface area (Å²) in [5.41, 5.74) is 1.76. The van der Waals surface area contributed by atoms with E-state index in [-0.39, 0.29) is 0 Å². The second-order valence-electron chi connectivity index (χ2n) is 6.09. The molecule has 2 aliphatic heterocycles. The highest BCUT2D eigenvalue weighted by molar-refractivity contribution is 5.71. The molecule has 2 aromatic rings. The van der Waals surface area contributed by atoms with Crippen molar-refractivity contribution < 1.29 is 4.74 Å². The highest BCUT2D eigenvalue weighted by atomic mass is 16.5. The highest BCUT2D eigenvalue weighted by Crippen LogP contribution is 2.32. The fraction of sp³-hybridized carbons (Fsp3) is 0.600. The lowest BCUT2D eigenvalue weighted by molar-refractivity contribution is 0.295. The SMILES string of the molecule is COc1ccc2[nH]c(CC3CC4CCC(C3)N4)nc2n1. The lowest BCUT2D eigenvalue weighted by Crippen LogP contribution is -2.38. The van der Waals surface area contributed by atoms with E-state index in [4.69, 9.17) is 4.74 Å². The monoisotopic (exact) mass is 272 g/mol. The Morgan fingerprint density at radius 2 is 2.00 bits per heavy atom. The molecule has 0 saturated carbocycles. The molecule has 4 heterocycles. The number of ether oxygens (including phenoxy) is 1. The summed E-state index contributed by atoms with van der Waals surface area (Å²) in [6.45, 7) is 0. The lowest BCUT2D eigenvalue weighted by atomic mass is 9.89. The Morgan fingerprint density at radius 1 is 1.20 bits per heavy atom. The van der Waals surface area contributed by atoms with Gasteiger partial charge in [-0.3, -0.25) is 0 Å². The number of rotatable bonds is 3. The predicted octanol–water partition coefficient (Wildman–Crippen LogP) is 2.04. The van der Waals surface area contributed by atoms with Crippen LogP contribution in [0.2, 0.25) is 0 Å². The summed E-state index contributed by atoms with van der Waals surface area (Å²) < 4.78 is 5.14. The fourth-order valence-electron chi connectivity index (χ4n) is 3.75. The Labute approximate surface area is 118 Å². The van der Waals surface area contributed by atoms with Gasteiger partial charge in [0.05, 0.1) is 12.6 Å². The molecule has 2 N–H and O–H groups in total. The number of aromatic amines is 1. The van der Waals surface area contributed by atoms with Gasteiger partial charge in [0.1, 0.15) is 5.82 Å². The van der Waals surface area contributed by atoms with Crippen LogP contribution in [-0.4, -0.2) is 34.1 Å². The van der Waals surface area contributed by atoms with Gasteiger partial charge in [-0.1, -0.05) is 0 Å². The normalized spacial score (nSPS) is 28.9. The Kier molecular flexibility index (Phi) is 2.88. The highest BCUT2D eigenvalue weighted by Gasteiger charge is 2.33. The summed E-state index contributed by atoms with van der Waals surface area (Å²) in [6, 6.07) is 5.33. The minimum Gasteiger partial charge on any atom is -0.481 e. The second kappa shape index (κ2) is 4.74. The summed E-state index contributed by atoms with van der Waals surface area (Å²) in [6.07, 6.45) is 6.29. The molecule has 20 heavy (non-hydrogen) atoms. The van der Waals surface area contributed by atoms with E-state index in [2.05, 4.69) is 20.3 Å². The molecule has 4 rings (SSSR count). The minimum absolute atomic E-state index is 0.621. The summed E-state index contributed by atoms with van der Waals surface area (Å²) in [5.74, 6) is 2.43. The zero-order valence-electron chi connectivity index (χ0n) is 11.7. The molecule has 0 radical (unpaired) electrons. The van der Waals surface area contributed by atoms with Gasteiger partial charge in [0.15, 0.2) is 5.65 Å². The number of aromatic nitrogens is 3. The fourth-order valence-corrected chi connectivity index (χ4v) is 3.75. The maximum atomic E-state index is 5.14. The van der Waals surface area contributed by atoms with Gasteiger partial charge in [0.25, 0.3) is 0 Å². The molecule has 0 amide bonds. The van der Waals surface area contributed by atoms with Crippen LogP contribution in [0.25, 0.3) is 11.2 Å². The van der Waals surface area contributed by atoms with Gasteiger partial charge in [-0.25, -0.2) is 4.98 Å². The number of piperidine rings is 1. The first-order valence-electron chi connectivity index (χ1n) is 7.46.